The Labute approximate surface area is 158 Å². The third kappa shape index (κ3) is 4.13. The zero-order valence-electron chi connectivity index (χ0n) is 15.9. The fourth-order valence-electron chi connectivity index (χ4n) is 3.19. The van der Waals surface area contributed by atoms with E-state index in [1.807, 2.05) is 31.5 Å². The number of aromatic nitrogens is 1. The molecule has 0 radical (unpaired) electrons. The van der Waals surface area contributed by atoms with E-state index >= 15 is 0 Å². The minimum absolute atomic E-state index is 0.000639. The Hall–Kier alpha value is -2.83. The maximum Gasteiger partial charge on any atom is 0.260 e. The first-order valence-electron chi connectivity index (χ1n) is 8.95. The summed E-state index contributed by atoms with van der Waals surface area (Å²) in [6.07, 6.45) is 0. The molecule has 2 amide bonds. The van der Waals surface area contributed by atoms with Crippen LogP contribution in [0.4, 0.5) is 4.39 Å². The molecule has 0 spiro atoms. The van der Waals surface area contributed by atoms with Crippen molar-refractivity contribution in [3.05, 3.63) is 53.1 Å². The molecule has 0 bridgehead atoms. The van der Waals surface area contributed by atoms with Gasteiger partial charge in [0.2, 0.25) is 0 Å². The topological polar surface area (TPSA) is 54.8 Å². The van der Waals surface area contributed by atoms with Crippen molar-refractivity contribution in [3.63, 3.8) is 0 Å². The highest BCUT2D eigenvalue weighted by Gasteiger charge is 2.26. The van der Waals surface area contributed by atoms with Crippen molar-refractivity contribution >= 4 is 11.8 Å². The molecule has 2 heterocycles. The third-order valence-corrected chi connectivity index (χ3v) is 5.08. The monoisotopic (exact) mass is 373 g/mol. The number of hydrogen-bond acceptors (Lipinski definition) is 3. The van der Waals surface area contributed by atoms with Gasteiger partial charge in [-0.2, -0.15) is 0 Å². The molecule has 1 aliphatic rings. The van der Waals surface area contributed by atoms with Gasteiger partial charge >= 0.3 is 0 Å². The van der Waals surface area contributed by atoms with Gasteiger partial charge in [-0.3, -0.25) is 9.59 Å². The second-order valence-electron chi connectivity index (χ2n) is 6.76. The number of hydrogen-bond donors (Lipinski definition) is 0. The van der Waals surface area contributed by atoms with Crippen LogP contribution in [0.1, 0.15) is 21.7 Å². The summed E-state index contributed by atoms with van der Waals surface area (Å²) in [7, 11) is 1.94. The largest absolute Gasteiger partial charge is 0.484 e. The van der Waals surface area contributed by atoms with Crippen molar-refractivity contribution < 1.29 is 18.7 Å². The quantitative estimate of drug-likeness (QED) is 0.825. The predicted molar refractivity (Wildman–Crippen MR) is 99.3 cm³/mol. The average molecular weight is 373 g/mol. The van der Waals surface area contributed by atoms with Gasteiger partial charge in [0, 0.05) is 50.7 Å². The molecule has 0 aliphatic carbocycles. The zero-order valence-corrected chi connectivity index (χ0v) is 15.9. The number of carbonyl (C=O) groups excluding carboxylic acids is 2. The summed E-state index contributed by atoms with van der Waals surface area (Å²) in [5, 5.41) is 0. The van der Waals surface area contributed by atoms with E-state index in [0.29, 0.717) is 37.5 Å². The number of nitrogens with zero attached hydrogens (tertiary/aromatic N) is 3. The SMILES string of the molecule is Cc1cc(C(=O)N2CCN(C(=O)COc3cccc(F)c3)CC2)c(C)n1C. The summed E-state index contributed by atoms with van der Waals surface area (Å²) in [5.74, 6) is -0.247. The maximum absolute atomic E-state index is 13.1. The van der Waals surface area contributed by atoms with Crippen LogP contribution in [0.5, 0.6) is 5.75 Å². The molecule has 6 nitrogen and oxygen atoms in total. The van der Waals surface area contributed by atoms with Crippen molar-refractivity contribution in [2.45, 2.75) is 13.8 Å². The van der Waals surface area contributed by atoms with Crippen LogP contribution in [0, 0.1) is 19.7 Å². The van der Waals surface area contributed by atoms with Crippen LogP contribution >= 0.6 is 0 Å². The molecule has 1 saturated heterocycles. The molecule has 1 aliphatic heterocycles. The number of rotatable bonds is 4. The molecule has 0 unspecified atom stereocenters. The molecule has 0 saturated carbocycles. The first-order chi connectivity index (χ1) is 12.9. The summed E-state index contributed by atoms with van der Waals surface area (Å²) >= 11 is 0. The third-order valence-electron chi connectivity index (χ3n) is 5.08. The molecule has 0 N–H and O–H groups in total. The van der Waals surface area contributed by atoms with Crippen LogP contribution in [-0.4, -0.2) is 59.0 Å². The lowest BCUT2D eigenvalue weighted by molar-refractivity contribution is -0.134. The maximum atomic E-state index is 13.1. The molecule has 2 aromatic rings. The molecular weight excluding hydrogens is 349 g/mol. The first kappa shape index (κ1) is 18.9. The standard InChI is InChI=1S/C20H24FN3O3/c1-14-11-18(15(2)22(14)3)20(26)24-9-7-23(8-10-24)19(25)13-27-17-6-4-5-16(21)12-17/h4-6,11-12H,7-10,13H2,1-3H3. The number of piperazine rings is 1. The number of benzene rings is 1. The Balaban J connectivity index is 1.52. The molecule has 0 atom stereocenters. The van der Waals surface area contributed by atoms with Crippen LogP contribution in [-0.2, 0) is 11.8 Å². The molecule has 1 fully saturated rings. The van der Waals surface area contributed by atoms with Gasteiger partial charge < -0.3 is 19.1 Å². The van der Waals surface area contributed by atoms with Gasteiger partial charge in [0.05, 0.1) is 5.56 Å². The molecule has 3 rings (SSSR count). The Morgan fingerprint density at radius 1 is 1.07 bits per heavy atom. The fourth-order valence-corrected chi connectivity index (χ4v) is 3.19. The number of carbonyl (C=O) groups is 2. The molecule has 7 heteroatoms. The van der Waals surface area contributed by atoms with E-state index in [-0.39, 0.29) is 18.4 Å². The Kier molecular flexibility index (Phi) is 5.48. The second kappa shape index (κ2) is 7.82. The van der Waals surface area contributed by atoms with E-state index in [1.54, 1.807) is 15.9 Å². The van der Waals surface area contributed by atoms with Gasteiger partial charge in [-0.1, -0.05) is 6.07 Å². The summed E-state index contributed by atoms with van der Waals surface area (Å²) in [6.45, 7) is 5.65. The van der Waals surface area contributed by atoms with E-state index in [2.05, 4.69) is 0 Å². The Bertz CT molecular complexity index is 854. The lowest BCUT2D eigenvalue weighted by Crippen LogP contribution is -2.51. The van der Waals surface area contributed by atoms with Crippen LogP contribution in [0.25, 0.3) is 0 Å². The highest BCUT2D eigenvalue weighted by molar-refractivity contribution is 5.96. The highest BCUT2D eigenvalue weighted by Crippen LogP contribution is 2.17. The second-order valence-corrected chi connectivity index (χ2v) is 6.76. The highest BCUT2D eigenvalue weighted by atomic mass is 19.1. The van der Waals surface area contributed by atoms with E-state index in [4.69, 9.17) is 4.74 Å². The van der Waals surface area contributed by atoms with Crippen molar-refractivity contribution in [2.24, 2.45) is 7.05 Å². The normalized spacial score (nSPS) is 14.4. The van der Waals surface area contributed by atoms with Crippen LogP contribution in [0.2, 0.25) is 0 Å². The molecule has 1 aromatic carbocycles. The predicted octanol–water partition coefficient (Wildman–Crippen LogP) is 2.14. The summed E-state index contributed by atoms with van der Waals surface area (Å²) in [4.78, 5) is 28.5. The van der Waals surface area contributed by atoms with Gasteiger partial charge in [0.15, 0.2) is 6.61 Å². The molecule has 27 heavy (non-hydrogen) atoms. The number of ether oxygens (including phenoxy) is 1. The van der Waals surface area contributed by atoms with Gasteiger partial charge in [-0.05, 0) is 32.0 Å². The van der Waals surface area contributed by atoms with E-state index in [9.17, 15) is 14.0 Å². The smallest absolute Gasteiger partial charge is 0.260 e. The summed E-state index contributed by atoms with van der Waals surface area (Å²) in [5.41, 5.74) is 2.70. The van der Waals surface area contributed by atoms with Gasteiger partial charge in [-0.15, -0.1) is 0 Å². The van der Waals surface area contributed by atoms with Crippen molar-refractivity contribution in [2.75, 3.05) is 32.8 Å². The number of aryl methyl sites for hydroxylation is 1. The lowest BCUT2D eigenvalue weighted by Gasteiger charge is -2.34. The number of halogens is 1. The zero-order chi connectivity index (χ0) is 19.6. The van der Waals surface area contributed by atoms with Crippen LogP contribution in [0.15, 0.2) is 30.3 Å². The van der Waals surface area contributed by atoms with Crippen LogP contribution < -0.4 is 4.74 Å². The molecule has 144 valence electrons. The fraction of sp³-hybridized carbons (Fsp3) is 0.400. The lowest BCUT2D eigenvalue weighted by atomic mass is 10.2. The average Bonchev–Trinajstić information content (AvgIpc) is 2.93. The van der Waals surface area contributed by atoms with Gasteiger partial charge in [0.1, 0.15) is 11.6 Å². The Morgan fingerprint density at radius 2 is 1.74 bits per heavy atom. The summed E-state index contributed by atoms with van der Waals surface area (Å²) in [6, 6.07) is 7.61. The first-order valence-corrected chi connectivity index (χ1v) is 8.95. The molecule has 1 aromatic heterocycles. The van der Waals surface area contributed by atoms with Crippen LogP contribution in [0.3, 0.4) is 0 Å². The van der Waals surface area contributed by atoms with E-state index in [0.717, 1.165) is 11.4 Å². The van der Waals surface area contributed by atoms with Gasteiger partial charge in [-0.25, -0.2) is 4.39 Å². The van der Waals surface area contributed by atoms with Crippen molar-refractivity contribution in [1.82, 2.24) is 14.4 Å². The minimum Gasteiger partial charge on any atom is -0.484 e. The number of amides is 2. The summed E-state index contributed by atoms with van der Waals surface area (Å²) < 4.78 is 20.5. The van der Waals surface area contributed by atoms with E-state index < -0.39 is 5.82 Å². The van der Waals surface area contributed by atoms with Crippen molar-refractivity contribution in [3.8, 4) is 5.75 Å². The Morgan fingerprint density at radius 3 is 2.33 bits per heavy atom. The van der Waals surface area contributed by atoms with Crippen molar-refractivity contribution in [1.29, 1.82) is 0 Å². The molecular formula is C20H24FN3O3. The minimum atomic E-state index is -0.404. The van der Waals surface area contributed by atoms with E-state index in [1.165, 1.54) is 18.2 Å². The van der Waals surface area contributed by atoms with Gasteiger partial charge in [0.25, 0.3) is 11.8 Å².